The second kappa shape index (κ2) is 9.69. The first-order valence-electron chi connectivity index (χ1n) is 9.23. The summed E-state index contributed by atoms with van der Waals surface area (Å²) in [6, 6.07) is 13.3. The van der Waals surface area contributed by atoms with Crippen molar-refractivity contribution in [3.8, 4) is 0 Å². The summed E-state index contributed by atoms with van der Waals surface area (Å²) in [6.45, 7) is 3.66. The number of halogens is 2. The van der Waals surface area contributed by atoms with Gasteiger partial charge in [0.05, 0.1) is 22.2 Å². The maximum atomic E-state index is 13.3. The SMILES string of the molecule is CCOC(=O)C1=C(C)N(C(=O)c2ccccc2)C(SC)=N[C@H]1c1ccc(Cl)c(Cl)c1. The minimum Gasteiger partial charge on any atom is -0.463 e. The highest BCUT2D eigenvalue weighted by Gasteiger charge is 2.37. The number of benzene rings is 2. The average Bonchev–Trinajstić information content (AvgIpc) is 2.75. The fraction of sp³-hybridized carbons (Fsp3) is 0.227. The molecule has 1 atom stereocenters. The van der Waals surface area contributed by atoms with E-state index in [1.165, 1.54) is 16.7 Å². The second-order valence-electron chi connectivity index (χ2n) is 6.42. The summed E-state index contributed by atoms with van der Waals surface area (Å²) < 4.78 is 5.29. The van der Waals surface area contributed by atoms with Gasteiger partial charge in [0.15, 0.2) is 5.17 Å². The largest absolute Gasteiger partial charge is 0.463 e. The molecule has 0 spiro atoms. The summed E-state index contributed by atoms with van der Waals surface area (Å²) in [5, 5.41) is 1.24. The third-order valence-corrected chi connectivity index (χ3v) is 5.98. The number of carbonyl (C=O) groups excluding carboxylic acids is 2. The van der Waals surface area contributed by atoms with Crippen LogP contribution in [-0.4, -0.2) is 34.8 Å². The summed E-state index contributed by atoms with van der Waals surface area (Å²) in [4.78, 5) is 32.3. The summed E-state index contributed by atoms with van der Waals surface area (Å²) in [7, 11) is 0. The Balaban J connectivity index is 2.16. The van der Waals surface area contributed by atoms with E-state index in [-0.39, 0.29) is 18.1 Å². The van der Waals surface area contributed by atoms with Crippen molar-refractivity contribution < 1.29 is 14.3 Å². The van der Waals surface area contributed by atoms with Crippen LogP contribution < -0.4 is 0 Å². The molecule has 0 radical (unpaired) electrons. The van der Waals surface area contributed by atoms with Crippen molar-refractivity contribution in [2.75, 3.05) is 12.9 Å². The van der Waals surface area contributed by atoms with E-state index in [1.807, 2.05) is 12.3 Å². The lowest BCUT2D eigenvalue weighted by molar-refractivity contribution is -0.139. The monoisotopic (exact) mass is 462 g/mol. The third kappa shape index (κ3) is 4.41. The van der Waals surface area contributed by atoms with Crippen LogP contribution >= 0.6 is 35.0 Å². The predicted molar refractivity (Wildman–Crippen MR) is 122 cm³/mol. The normalized spacial score (nSPS) is 16.4. The number of amidine groups is 1. The van der Waals surface area contributed by atoms with Crippen LogP contribution in [0.4, 0.5) is 0 Å². The van der Waals surface area contributed by atoms with Crippen molar-refractivity contribution >= 4 is 52.0 Å². The van der Waals surface area contributed by atoms with Crippen LogP contribution in [0, 0.1) is 0 Å². The molecular formula is C22H20Cl2N2O3S. The molecule has 0 aliphatic carbocycles. The Morgan fingerprint density at radius 2 is 1.83 bits per heavy atom. The standard InChI is InChI=1S/C22H20Cl2N2O3S/c1-4-29-21(28)18-13(2)26(20(27)14-8-6-5-7-9-14)22(30-3)25-19(18)15-10-11-16(23)17(24)12-15/h5-12,19H,4H2,1-3H3/t19-/m0/s1. The van der Waals surface area contributed by atoms with Gasteiger partial charge in [-0.3, -0.25) is 9.69 Å². The first-order chi connectivity index (χ1) is 14.4. The van der Waals surface area contributed by atoms with Crippen molar-refractivity contribution in [3.05, 3.63) is 81.0 Å². The molecule has 0 aromatic heterocycles. The van der Waals surface area contributed by atoms with E-state index in [9.17, 15) is 9.59 Å². The molecule has 156 valence electrons. The lowest BCUT2D eigenvalue weighted by atomic mass is 9.95. The van der Waals surface area contributed by atoms with E-state index < -0.39 is 12.0 Å². The van der Waals surface area contributed by atoms with Gasteiger partial charge in [0.25, 0.3) is 5.91 Å². The first kappa shape index (κ1) is 22.4. The van der Waals surface area contributed by atoms with Crippen LogP contribution in [0.5, 0.6) is 0 Å². The molecule has 1 aliphatic heterocycles. The smallest absolute Gasteiger partial charge is 0.338 e. The predicted octanol–water partition coefficient (Wildman–Crippen LogP) is 5.75. The fourth-order valence-corrected chi connectivity index (χ4v) is 4.10. The van der Waals surface area contributed by atoms with Gasteiger partial charge in [-0.15, -0.1) is 0 Å². The Kier molecular flexibility index (Phi) is 7.23. The summed E-state index contributed by atoms with van der Waals surface area (Å²) in [6.07, 6.45) is 1.83. The molecular weight excluding hydrogens is 443 g/mol. The lowest BCUT2D eigenvalue weighted by Gasteiger charge is -2.33. The Hall–Kier alpha value is -2.28. The molecule has 5 nitrogen and oxygen atoms in total. The van der Waals surface area contributed by atoms with Crippen molar-refractivity contribution in [2.45, 2.75) is 19.9 Å². The molecule has 0 unspecified atom stereocenters. The second-order valence-corrected chi connectivity index (χ2v) is 8.01. The number of hydrogen-bond acceptors (Lipinski definition) is 5. The van der Waals surface area contributed by atoms with Gasteiger partial charge in [-0.25, -0.2) is 9.79 Å². The number of thioether (sulfide) groups is 1. The fourth-order valence-electron chi connectivity index (χ4n) is 3.18. The van der Waals surface area contributed by atoms with Gasteiger partial charge >= 0.3 is 5.97 Å². The molecule has 1 amide bonds. The van der Waals surface area contributed by atoms with Gasteiger partial charge in [0.2, 0.25) is 0 Å². The Morgan fingerprint density at radius 1 is 1.13 bits per heavy atom. The molecule has 0 fully saturated rings. The van der Waals surface area contributed by atoms with E-state index >= 15 is 0 Å². The molecule has 0 saturated heterocycles. The van der Waals surface area contributed by atoms with Crippen molar-refractivity contribution in [1.82, 2.24) is 4.90 Å². The molecule has 0 saturated carbocycles. The number of rotatable bonds is 4. The minimum atomic E-state index is -0.666. The maximum absolute atomic E-state index is 13.3. The van der Waals surface area contributed by atoms with Gasteiger partial charge in [-0.1, -0.05) is 59.2 Å². The Bertz CT molecular complexity index is 1040. The lowest BCUT2D eigenvalue weighted by Crippen LogP contribution is -2.39. The van der Waals surface area contributed by atoms with Crippen molar-refractivity contribution in [1.29, 1.82) is 0 Å². The molecule has 0 N–H and O–H groups in total. The van der Waals surface area contributed by atoms with Crippen LogP contribution in [0.25, 0.3) is 0 Å². The summed E-state index contributed by atoms with van der Waals surface area (Å²) in [5.74, 6) is -0.795. The summed E-state index contributed by atoms with van der Waals surface area (Å²) in [5.41, 5.74) is 1.94. The number of amides is 1. The zero-order valence-corrected chi connectivity index (χ0v) is 19.0. The molecule has 0 bridgehead atoms. The number of carbonyl (C=O) groups is 2. The number of allylic oxidation sites excluding steroid dienone is 1. The van der Waals surface area contributed by atoms with Gasteiger partial charge in [0.1, 0.15) is 6.04 Å². The van der Waals surface area contributed by atoms with E-state index in [0.717, 1.165) is 0 Å². The van der Waals surface area contributed by atoms with E-state index in [1.54, 1.807) is 56.3 Å². The van der Waals surface area contributed by atoms with Gasteiger partial charge in [-0.2, -0.15) is 0 Å². The van der Waals surface area contributed by atoms with Crippen molar-refractivity contribution in [3.63, 3.8) is 0 Å². The van der Waals surface area contributed by atoms with E-state index in [4.69, 9.17) is 32.9 Å². The molecule has 1 aliphatic rings. The maximum Gasteiger partial charge on any atom is 0.338 e. The van der Waals surface area contributed by atoms with Crippen molar-refractivity contribution in [2.24, 2.45) is 4.99 Å². The molecule has 3 rings (SSSR count). The zero-order chi connectivity index (χ0) is 21.8. The quantitative estimate of drug-likeness (QED) is 0.542. The van der Waals surface area contributed by atoms with E-state index in [2.05, 4.69) is 0 Å². The highest BCUT2D eigenvalue weighted by Crippen LogP contribution is 2.38. The number of hydrogen-bond donors (Lipinski definition) is 0. The Morgan fingerprint density at radius 3 is 2.43 bits per heavy atom. The average molecular weight is 463 g/mol. The van der Waals surface area contributed by atoms with Crippen LogP contribution in [0.1, 0.15) is 35.8 Å². The number of ether oxygens (including phenoxy) is 1. The van der Waals surface area contributed by atoms with Crippen LogP contribution in [0.15, 0.2) is 64.8 Å². The molecule has 2 aromatic rings. The van der Waals surface area contributed by atoms with Gasteiger partial charge < -0.3 is 4.74 Å². The topological polar surface area (TPSA) is 59.0 Å². The number of aliphatic imine (C=N–C) groups is 1. The molecule has 8 heteroatoms. The number of esters is 1. The molecule has 1 heterocycles. The first-order valence-corrected chi connectivity index (χ1v) is 11.2. The minimum absolute atomic E-state index is 0.204. The molecule has 30 heavy (non-hydrogen) atoms. The van der Waals surface area contributed by atoms with E-state index in [0.29, 0.717) is 32.0 Å². The summed E-state index contributed by atoms with van der Waals surface area (Å²) >= 11 is 13.6. The van der Waals surface area contributed by atoms with Gasteiger partial charge in [-0.05, 0) is 49.9 Å². The van der Waals surface area contributed by atoms with Gasteiger partial charge in [0, 0.05) is 11.3 Å². The zero-order valence-electron chi connectivity index (χ0n) is 16.7. The van der Waals surface area contributed by atoms with Crippen LogP contribution in [0.3, 0.4) is 0 Å². The Labute approximate surface area is 189 Å². The van der Waals surface area contributed by atoms with Crippen LogP contribution in [0.2, 0.25) is 10.0 Å². The third-order valence-electron chi connectivity index (χ3n) is 4.59. The number of nitrogens with zero attached hydrogens (tertiary/aromatic N) is 2. The molecule has 2 aromatic carbocycles. The highest BCUT2D eigenvalue weighted by atomic mass is 35.5. The highest BCUT2D eigenvalue weighted by molar-refractivity contribution is 8.13. The van der Waals surface area contributed by atoms with Crippen LogP contribution in [-0.2, 0) is 9.53 Å².